The van der Waals surface area contributed by atoms with E-state index in [4.69, 9.17) is 11.6 Å². The number of anilines is 1. The maximum Gasteiger partial charge on any atom is 0.252 e. The molecule has 1 aromatic heterocycles. The number of aromatic nitrogens is 1. The van der Waals surface area contributed by atoms with Crippen LogP contribution in [0.5, 0.6) is 0 Å². The van der Waals surface area contributed by atoms with Crippen LogP contribution in [0.2, 0.25) is 5.02 Å². The highest BCUT2D eigenvalue weighted by molar-refractivity contribution is 6.31. The highest BCUT2D eigenvalue weighted by Crippen LogP contribution is 2.23. The van der Waals surface area contributed by atoms with E-state index in [0.717, 1.165) is 27.7 Å². The quantitative estimate of drug-likeness (QED) is 0.712. The van der Waals surface area contributed by atoms with Crippen molar-refractivity contribution in [3.63, 3.8) is 0 Å². The van der Waals surface area contributed by atoms with Gasteiger partial charge in [-0.3, -0.25) is 14.6 Å². The Kier molecular flexibility index (Phi) is 5.42. The maximum atomic E-state index is 12.7. The average Bonchev–Trinajstić information content (AvgIpc) is 2.63. The van der Waals surface area contributed by atoms with E-state index in [0.29, 0.717) is 16.3 Å². The van der Waals surface area contributed by atoms with Crippen molar-refractivity contribution >= 4 is 40.0 Å². The highest BCUT2D eigenvalue weighted by Gasteiger charge is 2.14. The van der Waals surface area contributed by atoms with Gasteiger partial charge in [-0.15, -0.1) is 0 Å². The van der Waals surface area contributed by atoms with Crippen molar-refractivity contribution < 1.29 is 9.59 Å². The van der Waals surface area contributed by atoms with E-state index in [1.54, 1.807) is 24.3 Å². The number of nitrogens with zero attached hydrogens (tertiary/aromatic N) is 1. The van der Waals surface area contributed by atoms with Crippen LogP contribution in [-0.2, 0) is 4.79 Å². The molecule has 0 aliphatic carbocycles. The molecule has 138 valence electrons. The summed E-state index contributed by atoms with van der Waals surface area (Å²) >= 11 is 6.06. The van der Waals surface area contributed by atoms with Crippen LogP contribution in [0.4, 0.5) is 5.69 Å². The standard InChI is InChI=1S/C21H20ClN3O2/c1-12-7-8-19-15(9-12)16(10-13(2)24-19)21(27)23-11-20(26)25-18-6-4-5-17(22)14(18)3/h4-10H,11H2,1-3H3,(H,23,27)(H,25,26). The number of rotatable bonds is 4. The predicted molar refractivity (Wildman–Crippen MR) is 108 cm³/mol. The van der Waals surface area contributed by atoms with E-state index in [-0.39, 0.29) is 18.4 Å². The number of hydrogen-bond donors (Lipinski definition) is 2. The minimum absolute atomic E-state index is 0.139. The van der Waals surface area contributed by atoms with Crippen LogP contribution in [0.1, 0.15) is 27.2 Å². The molecule has 2 aromatic carbocycles. The third kappa shape index (κ3) is 4.26. The van der Waals surface area contributed by atoms with Crippen molar-refractivity contribution in [1.82, 2.24) is 10.3 Å². The molecule has 1 heterocycles. The normalized spacial score (nSPS) is 10.7. The van der Waals surface area contributed by atoms with Gasteiger partial charge in [0.25, 0.3) is 5.91 Å². The zero-order chi connectivity index (χ0) is 19.6. The molecule has 0 saturated carbocycles. The van der Waals surface area contributed by atoms with E-state index in [1.165, 1.54) is 0 Å². The summed E-state index contributed by atoms with van der Waals surface area (Å²) in [6.45, 7) is 5.48. The molecule has 0 aliphatic rings. The predicted octanol–water partition coefficient (Wildman–Crippen LogP) is 4.18. The van der Waals surface area contributed by atoms with Gasteiger partial charge >= 0.3 is 0 Å². The van der Waals surface area contributed by atoms with Gasteiger partial charge in [0.05, 0.1) is 17.6 Å². The minimum Gasteiger partial charge on any atom is -0.343 e. The summed E-state index contributed by atoms with van der Waals surface area (Å²) < 4.78 is 0. The lowest BCUT2D eigenvalue weighted by Gasteiger charge is -2.11. The highest BCUT2D eigenvalue weighted by atomic mass is 35.5. The van der Waals surface area contributed by atoms with Crippen molar-refractivity contribution in [3.8, 4) is 0 Å². The maximum absolute atomic E-state index is 12.7. The number of halogens is 1. The Morgan fingerprint density at radius 1 is 1.07 bits per heavy atom. The lowest BCUT2D eigenvalue weighted by Crippen LogP contribution is -2.33. The first kappa shape index (κ1) is 18.9. The first-order valence-electron chi connectivity index (χ1n) is 8.56. The van der Waals surface area contributed by atoms with E-state index in [2.05, 4.69) is 15.6 Å². The molecule has 0 saturated heterocycles. The molecule has 0 radical (unpaired) electrons. The van der Waals surface area contributed by atoms with Gasteiger partial charge in [-0.1, -0.05) is 29.3 Å². The molecule has 0 unspecified atom stereocenters. The molecule has 3 rings (SSSR count). The van der Waals surface area contributed by atoms with Gasteiger partial charge < -0.3 is 10.6 Å². The second-order valence-corrected chi connectivity index (χ2v) is 6.88. The smallest absolute Gasteiger partial charge is 0.252 e. The molecular formula is C21H20ClN3O2. The molecule has 0 spiro atoms. The fourth-order valence-electron chi connectivity index (χ4n) is 2.85. The molecule has 5 nitrogen and oxygen atoms in total. The van der Waals surface area contributed by atoms with Crippen LogP contribution in [0.25, 0.3) is 10.9 Å². The monoisotopic (exact) mass is 381 g/mol. The molecule has 0 fully saturated rings. The first-order valence-corrected chi connectivity index (χ1v) is 8.94. The Hall–Kier alpha value is -2.92. The van der Waals surface area contributed by atoms with Gasteiger partial charge in [0.1, 0.15) is 0 Å². The number of carbonyl (C=O) groups excluding carboxylic acids is 2. The van der Waals surface area contributed by atoms with E-state index >= 15 is 0 Å². The summed E-state index contributed by atoms with van der Waals surface area (Å²) in [5.41, 5.74) is 4.46. The Morgan fingerprint density at radius 2 is 1.85 bits per heavy atom. The fraction of sp³-hybridized carbons (Fsp3) is 0.190. The van der Waals surface area contributed by atoms with E-state index in [1.807, 2.05) is 39.0 Å². The average molecular weight is 382 g/mol. The number of pyridine rings is 1. The molecular weight excluding hydrogens is 362 g/mol. The largest absolute Gasteiger partial charge is 0.343 e. The van der Waals surface area contributed by atoms with Crippen molar-refractivity contribution in [1.29, 1.82) is 0 Å². The molecule has 27 heavy (non-hydrogen) atoms. The van der Waals surface area contributed by atoms with Gasteiger partial charge in [0.2, 0.25) is 5.91 Å². The van der Waals surface area contributed by atoms with Crippen LogP contribution in [0.3, 0.4) is 0 Å². The Bertz CT molecular complexity index is 1050. The van der Waals surface area contributed by atoms with Crippen LogP contribution in [0, 0.1) is 20.8 Å². The second-order valence-electron chi connectivity index (χ2n) is 6.48. The topological polar surface area (TPSA) is 71.1 Å². The summed E-state index contributed by atoms with van der Waals surface area (Å²) in [5.74, 6) is -0.631. The van der Waals surface area contributed by atoms with Crippen molar-refractivity contribution in [2.24, 2.45) is 0 Å². The molecule has 0 bridgehead atoms. The van der Waals surface area contributed by atoms with Crippen LogP contribution >= 0.6 is 11.6 Å². The number of fused-ring (bicyclic) bond motifs is 1. The SMILES string of the molecule is Cc1ccc2nc(C)cc(C(=O)NCC(=O)Nc3cccc(Cl)c3C)c2c1. The van der Waals surface area contributed by atoms with Crippen molar-refractivity contribution in [2.45, 2.75) is 20.8 Å². The number of amides is 2. The van der Waals surface area contributed by atoms with Gasteiger partial charge in [0, 0.05) is 21.8 Å². The number of aryl methyl sites for hydroxylation is 2. The molecule has 2 amide bonds. The van der Waals surface area contributed by atoms with Gasteiger partial charge in [-0.05, 0) is 56.7 Å². The zero-order valence-corrected chi connectivity index (χ0v) is 16.1. The van der Waals surface area contributed by atoms with Gasteiger partial charge in [-0.2, -0.15) is 0 Å². The van der Waals surface area contributed by atoms with Gasteiger partial charge in [-0.25, -0.2) is 0 Å². The molecule has 6 heteroatoms. The summed E-state index contributed by atoms with van der Waals surface area (Å²) in [7, 11) is 0. The van der Waals surface area contributed by atoms with Crippen molar-refractivity contribution in [2.75, 3.05) is 11.9 Å². The first-order chi connectivity index (χ1) is 12.8. The summed E-state index contributed by atoms with van der Waals surface area (Å²) in [6, 6.07) is 12.8. The fourth-order valence-corrected chi connectivity index (χ4v) is 3.03. The third-order valence-electron chi connectivity index (χ3n) is 4.29. The van der Waals surface area contributed by atoms with Crippen molar-refractivity contribution in [3.05, 3.63) is 69.9 Å². The Balaban J connectivity index is 1.74. The lowest BCUT2D eigenvalue weighted by molar-refractivity contribution is -0.115. The molecule has 0 aliphatic heterocycles. The lowest BCUT2D eigenvalue weighted by atomic mass is 10.0. The number of nitrogens with one attached hydrogen (secondary N) is 2. The third-order valence-corrected chi connectivity index (χ3v) is 4.70. The molecule has 3 aromatic rings. The van der Waals surface area contributed by atoms with E-state index in [9.17, 15) is 9.59 Å². The van der Waals surface area contributed by atoms with Crippen LogP contribution in [0.15, 0.2) is 42.5 Å². The number of hydrogen-bond acceptors (Lipinski definition) is 3. The second kappa shape index (κ2) is 7.76. The summed E-state index contributed by atoms with van der Waals surface area (Å²) in [4.78, 5) is 29.3. The molecule has 2 N–H and O–H groups in total. The Labute approximate surface area is 162 Å². The van der Waals surface area contributed by atoms with Crippen LogP contribution in [-0.4, -0.2) is 23.3 Å². The number of carbonyl (C=O) groups is 2. The molecule has 0 atom stereocenters. The minimum atomic E-state index is -0.319. The summed E-state index contributed by atoms with van der Waals surface area (Å²) in [6.07, 6.45) is 0. The zero-order valence-electron chi connectivity index (χ0n) is 15.4. The van der Waals surface area contributed by atoms with E-state index < -0.39 is 0 Å². The Morgan fingerprint density at radius 3 is 2.63 bits per heavy atom. The van der Waals surface area contributed by atoms with Gasteiger partial charge in [0.15, 0.2) is 0 Å². The summed E-state index contributed by atoms with van der Waals surface area (Å²) in [5, 5.41) is 6.79. The van der Waals surface area contributed by atoms with Crippen LogP contribution < -0.4 is 10.6 Å². The number of benzene rings is 2.